The summed E-state index contributed by atoms with van der Waals surface area (Å²) in [6, 6.07) is 3.54. The third kappa shape index (κ3) is 1.83. The number of hydrogen-bond donors (Lipinski definition) is 2. The Morgan fingerprint density at radius 2 is 2.05 bits per heavy atom. The molecule has 1 aliphatic carbocycles. The highest BCUT2D eigenvalue weighted by Crippen LogP contribution is 2.27. The summed E-state index contributed by atoms with van der Waals surface area (Å²) in [5, 5.41) is 0.507. The minimum atomic E-state index is -0.175. The molecule has 6 nitrogen and oxygen atoms in total. The van der Waals surface area contributed by atoms with E-state index in [0.29, 0.717) is 16.6 Å². The van der Waals surface area contributed by atoms with Crippen LogP contribution in [0.4, 0.5) is 5.69 Å². The third-order valence-electron chi connectivity index (χ3n) is 4.08. The van der Waals surface area contributed by atoms with E-state index in [4.69, 9.17) is 5.73 Å². The molecule has 2 heterocycles. The fourth-order valence-electron chi connectivity index (χ4n) is 3.01. The van der Waals surface area contributed by atoms with Crippen LogP contribution >= 0.6 is 0 Å². The Balaban J connectivity index is 1.96. The number of fused-ring (bicyclic) bond motifs is 2. The van der Waals surface area contributed by atoms with Gasteiger partial charge in [-0.15, -0.1) is 0 Å². The zero-order valence-corrected chi connectivity index (χ0v) is 11.5. The van der Waals surface area contributed by atoms with E-state index in [1.165, 1.54) is 24.9 Å². The Labute approximate surface area is 120 Å². The molecule has 0 amide bonds. The maximum absolute atomic E-state index is 11.8. The van der Waals surface area contributed by atoms with Gasteiger partial charge in [0, 0.05) is 5.69 Å². The second-order valence-electron chi connectivity index (χ2n) is 5.37. The number of H-pyrrole nitrogens is 1. The van der Waals surface area contributed by atoms with Crippen LogP contribution in [0.3, 0.4) is 0 Å². The predicted octanol–water partition coefficient (Wildman–Crippen LogP) is 1.57. The first-order chi connectivity index (χ1) is 10.2. The number of imidazole rings is 1. The Hall–Kier alpha value is -2.63. The number of benzene rings is 1. The standard InChI is InChI=1S/C15H15N5O/c16-10-5-9-12(17-7-18-15(9)21)6-14(10)20-8-19-11-3-1-2-4-13(11)20/h5-8H,1-4,16H2,(H,17,18,21). The molecule has 0 bridgehead atoms. The average Bonchev–Trinajstić information content (AvgIpc) is 2.92. The second kappa shape index (κ2) is 4.44. The Morgan fingerprint density at radius 1 is 1.19 bits per heavy atom. The van der Waals surface area contributed by atoms with E-state index in [1.54, 1.807) is 6.07 Å². The van der Waals surface area contributed by atoms with Gasteiger partial charge in [0.25, 0.3) is 5.56 Å². The van der Waals surface area contributed by atoms with Gasteiger partial charge in [0.1, 0.15) is 0 Å². The molecule has 1 aliphatic rings. The topological polar surface area (TPSA) is 89.6 Å². The molecule has 3 N–H and O–H groups in total. The molecule has 4 rings (SSSR count). The molecule has 0 radical (unpaired) electrons. The van der Waals surface area contributed by atoms with E-state index in [0.717, 1.165) is 24.2 Å². The van der Waals surface area contributed by atoms with Gasteiger partial charge >= 0.3 is 0 Å². The number of aromatic amines is 1. The second-order valence-corrected chi connectivity index (χ2v) is 5.37. The summed E-state index contributed by atoms with van der Waals surface area (Å²) in [6.45, 7) is 0. The van der Waals surface area contributed by atoms with Crippen molar-refractivity contribution in [3.63, 3.8) is 0 Å². The Kier molecular flexibility index (Phi) is 2.57. The van der Waals surface area contributed by atoms with Crippen molar-refractivity contribution in [1.29, 1.82) is 0 Å². The summed E-state index contributed by atoms with van der Waals surface area (Å²) in [4.78, 5) is 23.1. The molecular weight excluding hydrogens is 266 g/mol. The summed E-state index contributed by atoms with van der Waals surface area (Å²) in [5.74, 6) is 0. The quantitative estimate of drug-likeness (QED) is 0.662. The fraction of sp³-hybridized carbons (Fsp3) is 0.267. The van der Waals surface area contributed by atoms with Crippen molar-refractivity contribution in [3.05, 3.63) is 46.5 Å². The van der Waals surface area contributed by atoms with Crippen molar-refractivity contribution in [1.82, 2.24) is 19.5 Å². The minimum absolute atomic E-state index is 0.175. The number of hydrogen-bond acceptors (Lipinski definition) is 4. The van der Waals surface area contributed by atoms with Gasteiger partial charge in [0.05, 0.1) is 40.6 Å². The van der Waals surface area contributed by atoms with Gasteiger partial charge in [0.15, 0.2) is 0 Å². The monoisotopic (exact) mass is 281 g/mol. The summed E-state index contributed by atoms with van der Waals surface area (Å²) >= 11 is 0. The maximum atomic E-state index is 11.8. The maximum Gasteiger partial charge on any atom is 0.258 e. The lowest BCUT2D eigenvalue weighted by molar-refractivity contribution is 0.656. The van der Waals surface area contributed by atoms with Gasteiger partial charge in [0.2, 0.25) is 0 Å². The Morgan fingerprint density at radius 3 is 2.95 bits per heavy atom. The molecule has 2 aromatic heterocycles. The van der Waals surface area contributed by atoms with E-state index < -0.39 is 0 Å². The van der Waals surface area contributed by atoms with Crippen LogP contribution in [0.1, 0.15) is 24.2 Å². The van der Waals surface area contributed by atoms with E-state index in [-0.39, 0.29) is 5.56 Å². The van der Waals surface area contributed by atoms with Crippen LogP contribution in [-0.4, -0.2) is 19.5 Å². The van der Waals surface area contributed by atoms with Gasteiger partial charge in [-0.05, 0) is 37.8 Å². The highest BCUT2D eigenvalue weighted by Gasteiger charge is 2.18. The molecular formula is C15H15N5O. The normalized spacial score (nSPS) is 14.3. The summed E-state index contributed by atoms with van der Waals surface area (Å²) in [5.41, 5.74) is 10.4. The molecule has 6 heteroatoms. The van der Waals surface area contributed by atoms with E-state index >= 15 is 0 Å². The smallest absolute Gasteiger partial charge is 0.258 e. The first kappa shape index (κ1) is 12.1. The molecule has 0 spiro atoms. The number of aryl methyl sites for hydroxylation is 1. The van der Waals surface area contributed by atoms with Gasteiger partial charge in [-0.25, -0.2) is 9.97 Å². The van der Waals surface area contributed by atoms with E-state index in [2.05, 4.69) is 15.0 Å². The van der Waals surface area contributed by atoms with E-state index in [1.807, 2.05) is 17.0 Å². The van der Waals surface area contributed by atoms with Crippen LogP contribution < -0.4 is 11.3 Å². The number of nitrogens with two attached hydrogens (primary N) is 1. The van der Waals surface area contributed by atoms with Crippen molar-refractivity contribution in [2.24, 2.45) is 0 Å². The number of nitrogens with one attached hydrogen (secondary N) is 1. The van der Waals surface area contributed by atoms with Crippen LogP contribution in [0.5, 0.6) is 0 Å². The fourth-order valence-corrected chi connectivity index (χ4v) is 3.01. The van der Waals surface area contributed by atoms with Crippen molar-refractivity contribution in [3.8, 4) is 5.69 Å². The molecule has 21 heavy (non-hydrogen) atoms. The minimum Gasteiger partial charge on any atom is -0.397 e. The van der Waals surface area contributed by atoms with Crippen LogP contribution in [0.15, 0.2) is 29.6 Å². The van der Waals surface area contributed by atoms with Gasteiger partial charge in [-0.3, -0.25) is 4.79 Å². The largest absolute Gasteiger partial charge is 0.397 e. The van der Waals surface area contributed by atoms with Gasteiger partial charge in [-0.2, -0.15) is 0 Å². The molecule has 0 fully saturated rings. The summed E-state index contributed by atoms with van der Waals surface area (Å²) in [6.07, 6.45) is 7.62. The molecule has 0 aliphatic heterocycles. The van der Waals surface area contributed by atoms with Crippen LogP contribution in [0.25, 0.3) is 16.6 Å². The van der Waals surface area contributed by atoms with Crippen molar-refractivity contribution in [2.45, 2.75) is 25.7 Å². The predicted molar refractivity (Wildman–Crippen MR) is 80.5 cm³/mol. The average molecular weight is 281 g/mol. The summed E-state index contributed by atoms with van der Waals surface area (Å²) < 4.78 is 2.03. The number of nitrogens with zero attached hydrogens (tertiary/aromatic N) is 3. The molecule has 3 aromatic rings. The molecule has 0 unspecified atom stereocenters. The highest BCUT2D eigenvalue weighted by molar-refractivity contribution is 5.85. The molecule has 1 aromatic carbocycles. The van der Waals surface area contributed by atoms with Crippen molar-refractivity contribution < 1.29 is 0 Å². The number of nitrogen functional groups attached to an aromatic ring is 1. The van der Waals surface area contributed by atoms with Crippen LogP contribution in [0.2, 0.25) is 0 Å². The van der Waals surface area contributed by atoms with Crippen molar-refractivity contribution in [2.75, 3.05) is 5.73 Å². The number of aromatic nitrogens is 4. The van der Waals surface area contributed by atoms with E-state index in [9.17, 15) is 4.79 Å². The third-order valence-corrected chi connectivity index (χ3v) is 4.08. The SMILES string of the molecule is Nc1cc2c(=O)[nH]cnc2cc1-n1cnc2c1CCCC2. The van der Waals surface area contributed by atoms with Crippen LogP contribution in [0, 0.1) is 0 Å². The zero-order valence-electron chi connectivity index (χ0n) is 11.5. The van der Waals surface area contributed by atoms with Gasteiger partial charge in [-0.1, -0.05) is 0 Å². The lowest BCUT2D eigenvalue weighted by Crippen LogP contribution is -2.11. The first-order valence-electron chi connectivity index (χ1n) is 7.06. The highest BCUT2D eigenvalue weighted by atomic mass is 16.1. The molecule has 0 saturated heterocycles. The lowest BCUT2D eigenvalue weighted by Gasteiger charge is -2.15. The molecule has 106 valence electrons. The number of rotatable bonds is 1. The molecule has 0 atom stereocenters. The zero-order chi connectivity index (χ0) is 14.4. The Bertz CT molecular complexity index is 893. The number of anilines is 1. The first-order valence-corrected chi connectivity index (χ1v) is 7.06. The lowest BCUT2D eigenvalue weighted by atomic mass is 10.0. The summed E-state index contributed by atoms with van der Waals surface area (Å²) in [7, 11) is 0. The van der Waals surface area contributed by atoms with Gasteiger partial charge < -0.3 is 15.3 Å². The van der Waals surface area contributed by atoms with Crippen molar-refractivity contribution >= 4 is 16.6 Å². The van der Waals surface area contributed by atoms with Crippen LogP contribution in [-0.2, 0) is 12.8 Å². The molecule has 0 saturated carbocycles.